The van der Waals surface area contributed by atoms with E-state index < -0.39 is 15.9 Å². The van der Waals surface area contributed by atoms with E-state index in [2.05, 4.69) is 31.1 Å². The Bertz CT molecular complexity index is 1490. The number of nitrogens with zero attached hydrogens (tertiary/aromatic N) is 5. The molecule has 3 aromatic rings. The van der Waals surface area contributed by atoms with Gasteiger partial charge in [0.05, 0.1) is 22.9 Å². The number of benzene rings is 3. The van der Waals surface area contributed by atoms with Crippen LogP contribution in [0.15, 0.2) is 101 Å². The fourth-order valence-corrected chi connectivity index (χ4v) is 5.52. The zero-order chi connectivity index (χ0) is 27.6. The number of thioether (sulfide) groups is 1. The molecular weight excluding hydrogens is 514 g/mol. The predicted molar refractivity (Wildman–Crippen MR) is 155 cm³/mol. The smallest absolute Gasteiger partial charge is 0.365 e. The number of para-hydroxylation sites is 3. The summed E-state index contributed by atoms with van der Waals surface area (Å²) >= 11 is 1.12. The van der Waals surface area contributed by atoms with Crippen molar-refractivity contribution in [3.63, 3.8) is 0 Å². The number of allylic oxidation sites excluding steroid dienone is 1. The summed E-state index contributed by atoms with van der Waals surface area (Å²) in [5, 5.41) is 24.9. The third kappa shape index (κ3) is 4.90. The van der Waals surface area contributed by atoms with Crippen LogP contribution in [0.5, 0.6) is 0 Å². The van der Waals surface area contributed by atoms with Crippen LogP contribution in [0.3, 0.4) is 0 Å². The van der Waals surface area contributed by atoms with Gasteiger partial charge in [-0.3, -0.25) is 10.1 Å². The summed E-state index contributed by atoms with van der Waals surface area (Å²) in [6.07, 6.45) is 3.73. The van der Waals surface area contributed by atoms with E-state index in [0.717, 1.165) is 23.0 Å². The number of nitro groups is 1. The van der Waals surface area contributed by atoms with Gasteiger partial charge in [0, 0.05) is 11.6 Å². The Labute approximate surface area is 230 Å². The number of hydrazone groups is 2. The number of hydrogen-bond donors (Lipinski definition) is 0. The molecule has 9 nitrogen and oxygen atoms in total. The number of nitro benzene ring substituents is 1. The average molecular weight is 542 g/mol. The molecule has 1 spiro atoms. The van der Waals surface area contributed by atoms with E-state index >= 15 is 0 Å². The lowest BCUT2D eigenvalue weighted by Gasteiger charge is -2.43. The van der Waals surface area contributed by atoms with Crippen molar-refractivity contribution in [3.8, 4) is 0 Å². The molecule has 0 radical (unpaired) electrons. The van der Waals surface area contributed by atoms with Crippen molar-refractivity contribution in [2.75, 3.05) is 16.6 Å². The van der Waals surface area contributed by atoms with Crippen LogP contribution in [-0.2, 0) is 9.53 Å². The van der Waals surface area contributed by atoms with E-state index in [9.17, 15) is 14.9 Å². The van der Waals surface area contributed by atoms with Crippen LogP contribution in [-0.4, -0.2) is 33.2 Å². The van der Waals surface area contributed by atoms with Crippen LogP contribution >= 0.6 is 11.8 Å². The quantitative estimate of drug-likeness (QED) is 0.197. The average Bonchev–Trinajstić information content (AvgIpc) is 3.33. The minimum absolute atomic E-state index is 0.0699. The molecule has 198 valence electrons. The molecule has 0 saturated heterocycles. The third-order valence-electron chi connectivity index (χ3n) is 6.34. The first-order chi connectivity index (χ1) is 18.8. The SMILES string of the molecule is CCOC(=O)C1=NN(c2ccccc2[N+](=O)[O-])[C@]2(C=CC(c3ccc(C(C)C)cc3)=NN2c2ccccc2)S1. The zero-order valence-electron chi connectivity index (χ0n) is 21.7. The Hall–Kier alpha value is -4.44. The molecule has 2 aliphatic heterocycles. The maximum absolute atomic E-state index is 12.9. The second-order valence-electron chi connectivity index (χ2n) is 9.19. The van der Waals surface area contributed by atoms with Gasteiger partial charge >= 0.3 is 5.97 Å². The van der Waals surface area contributed by atoms with E-state index in [-0.39, 0.29) is 23.0 Å². The number of hydrogen-bond acceptors (Lipinski definition) is 9. The summed E-state index contributed by atoms with van der Waals surface area (Å²) < 4.78 is 5.25. The summed E-state index contributed by atoms with van der Waals surface area (Å²) in [5.41, 5.74) is 3.63. The summed E-state index contributed by atoms with van der Waals surface area (Å²) in [6.45, 7) is 6.17. The van der Waals surface area contributed by atoms with Crippen LogP contribution < -0.4 is 10.0 Å². The van der Waals surface area contributed by atoms with Gasteiger partial charge < -0.3 is 4.74 Å². The molecular formula is C29H27N5O4S. The molecule has 10 heteroatoms. The van der Waals surface area contributed by atoms with Gasteiger partial charge in [0.15, 0.2) is 0 Å². The molecule has 0 saturated carbocycles. The van der Waals surface area contributed by atoms with E-state index in [4.69, 9.17) is 9.84 Å². The van der Waals surface area contributed by atoms with Crippen molar-refractivity contribution in [3.05, 3.63) is 112 Å². The molecule has 0 unspecified atom stereocenters. The fourth-order valence-electron chi connectivity index (χ4n) is 4.38. The highest BCUT2D eigenvalue weighted by atomic mass is 32.2. The third-order valence-corrected chi connectivity index (χ3v) is 7.57. The second kappa shape index (κ2) is 10.7. The molecule has 0 aliphatic carbocycles. The van der Waals surface area contributed by atoms with Gasteiger partial charge in [-0.05, 0) is 60.5 Å². The normalized spacial score (nSPS) is 18.4. The summed E-state index contributed by atoms with van der Waals surface area (Å²) in [4.78, 5) is 23.2. The van der Waals surface area contributed by atoms with Crippen molar-refractivity contribution in [2.45, 2.75) is 31.7 Å². The van der Waals surface area contributed by atoms with Crippen molar-refractivity contribution in [1.82, 2.24) is 0 Å². The molecule has 2 heterocycles. The Morgan fingerprint density at radius 1 is 1.00 bits per heavy atom. The van der Waals surface area contributed by atoms with Crippen LogP contribution in [0, 0.1) is 10.1 Å². The van der Waals surface area contributed by atoms with Crippen LogP contribution in [0.1, 0.15) is 37.8 Å². The van der Waals surface area contributed by atoms with Gasteiger partial charge in [-0.25, -0.2) is 14.8 Å². The first-order valence-electron chi connectivity index (χ1n) is 12.6. The number of anilines is 2. The number of ether oxygens (including phenoxy) is 1. The van der Waals surface area contributed by atoms with E-state index in [0.29, 0.717) is 11.6 Å². The van der Waals surface area contributed by atoms with Gasteiger partial charge in [0.1, 0.15) is 5.69 Å². The fraction of sp³-hybridized carbons (Fsp3) is 0.207. The molecule has 2 aliphatic rings. The maximum atomic E-state index is 12.9. The van der Waals surface area contributed by atoms with Crippen molar-refractivity contribution in [1.29, 1.82) is 0 Å². The Kier molecular flexibility index (Phi) is 7.21. The monoisotopic (exact) mass is 541 g/mol. The van der Waals surface area contributed by atoms with E-state index in [1.54, 1.807) is 30.1 Å². The first-order valence-corrected chi connectivity index (χ1v) is 13.4. The van der Waals surface area contributed by atoms with Crippen LogP contribution in [0.2, 0.25) is 0 Å². The molecule has 0 fully saturated rings. The summed E-state index contributed by atoms with van der Waals surface area (Å²) in [7, 11) is 0. The Morgan fingerprint density at radius 2 is 1.69 bits per heavy atom. The molecule has 0 N–H and O–H groups in total. The van der Waals surface area contributed by atoms with Crippen molar-refractivity contribution < 1.29 is 14.5 Å². The molecule has 0 bridgehead atoms. The standard InChI is InChI=1S/C29H27N5O4S/c1-4-38-28(35)27-31-33(25-12-8-9-13-26(25)34(36)37)29(39-27)19-18-24(22-16-14-21(15-17-22)20(2)3)30-32(29)23-10-6-5-7-11-23/h5-20H,4H2,1-3H3/t29-/m1/s1. The molecule has 3 aromatic carbocycles. The van der Waals surface area contributed by atoms with Gasteiger partial charge in [0.2, 0.25) is 10.0 Å². The lowest BCUT2D eigenvalue weighted by molar-refractivity contribution is -0.384. The minimum Gasteiger partial charge on any atom is -0.461 e. The second-order valence-corrected chi connectivity index (χ2v) is 10.4. The van der Waals surface area contributed by atoms with Gasteiger partial charge in [-0.15, -0.1) is 0 Å². The molecule has 5 rings (SSSR count). The number of rotatable bonds is 7. The Balaban J connectivity index is 1.67. The maximum Gasteiger partial charge on any atom is 0.365 e. The van der Waals surface area contributed by atoms with Crippen LogP contribution in [0.25, 0.3) is 0 Å². The lowest BCUT2D eigenvalue weighted by atomic mass is 10.00. The minimum atomic E-state index is -1.25. The summed E-state index contributed by atoms with van der Waals surface area (Å²) in [6, 6.07) is 24.0. The summed E-state index contributed by atoms with van der Waals surface area (Å²) in [5.74, 6) is -0.209. The van der Waals surface area contributed by atoms with Gasteiger partial charge in [-0.2, -0.15) is 10.2 Å². The molecule has 1 atom stereocenters. The van der Waals surface area contributed by atoms with Gasteiger partial charge in [0.25, 0.3) is 5.69 Å². The topological polar surface area (TPSA) is 101 Å². The van der Waals surface area contributed by atoms with Gasteiger partial charge in [-0.1, -0.05) is 68.4 Å². The zero-order valence-corrected chi connectivity index (χ0v) is 22.5. The predicted octanol–water partition coefficient (Wildman–Crippen LogP) is 6.28. The number of esters is 1. The number of carbonyl (C=O) groups excluding carboxylic acids is 1. The lowest BCUT2D eigenvalue weighted by Crippen LogP contribution is -2.54. The van der Waals surface area contributed by atoms with Crippen LogP contribution in [0.4, 0.5) is 17.1 Å². The Morgan fingerprint density at radius 3 is 2.36 bits per heavy atom. The van der Waals surface area contributed by atoms with Crippen molar-refractivity contribution >= 4 is 45.5 Å². The molecule has 0 aromatic heterocycles. The van der Waals surface area contributed by atoms with Crippen molar-refractivity contribution in [2.24, 2.45) is 10.2 Å². The highest BCUT2D eigenvalue weighted by molar-refractivity contribution is 8.17. The van der Waals surface area contributed by atoms with E-state index in [1.807, 2.05) is 54.6 Å². The molecule has 0 amide bonds. The molecule has 39 heavy (non-hydrogen) atoms. The first kappa shape index (κ1) is 26.2. The van der Waals surface area contributed by atoms with E-state index in [1.165, 1.54) is 16.6 Å². The largest absolute Gasteiger partial charge is 0.461 e. The highest BCUT2D eigenvalue weighted by Gasteiger charge is 2.53. The number of carbonyl (C=O) groups is 1. The highest BCUT2D eigenvalue weighted by Crippen LogP contribution is 2.49.